The van der Waals surface area contributed by atoms with Gasteiger partial charge in [0.2, 0.25) is 5.91 Å². The van der Waals surface area contributed by atoms with Gasteiger partial charge in [-0.1, -0.05) is 18.7 Å². The fourth-order valence-electron chi connectivity index (χ4n) is 3.07. The van der Waals surface area contributed by atoms with E-state index in [0.29, 0.717) is 0 Å². The number of fused-ring (bicyclic) bond motifs is 1. The molecule has 2 N–H and O–H groups in total. The molecule has 0 radical (unpaired) electrons. The van der Waals surface area contributed by atoms with E-state index in [1.165, 1.54) is 0 Å². The summed E-state index contributed by atoms with van der Waals surface area (Å²) in [5.74, 6) is -0.349. The highest BCUT2D eigenvalue weighted by Gasteiger charge is 2.20. The molecule has 0 unspecified atom stereocenters. The van der Waals surface area contributed by atoms with Crippen molar-refractivity contribution in [1.29, 1.82) is 0 Å². The molecule has 1 aliphatic heterocycles. The predicted octanol–water partition coefficient (Wildman–Crippen LogP) is 2.28. The molecule has 26 heavy (non-hydrogen) atoms. The lowest BCUT2D eigenvalue weighted by molar-refractivity contribution is -0.116. The zero-order valence-electron chi connectivity index (χ0n) is 14.7. The summed E-state index contributed by atoms with van der Waals surface area (Å²) in [7, 11) is 0. The Morgan fingerprint density at radius 3 is 2.69 bits per heavy atom. The van der Waals surface area contributed by atoms with Crippen LogP contribution in [0.25, 0.3) is 11.1 Å². The van der Waals surface area contributed by atoms with Crippen molar-refractivity contribution in [3.63, 3.8) is 0 Å². The summed E-state index contributed by atoms with van der Waals surface area (Å²) >= 11 is 0. The minimum atomic E-state index is -0.404. The van der Waals surface area contributed by atoms with E-state index in [1.807, 2.05) is 23.1 Å². The first kappa shape index (κ1) is 17.8. The van der Waals surface area contributed by atoms with Gasteiger partial charge >= 0.3 is 0 Å². The zero-order chi connectivity index (χ0) is 18.7. The van der Waals surface area contributed by atoms with E-state index in [1.54, 1.807) is 19.2 Å². The Balaban J connectivity index is 1.83. The molecule has 2 heterocycles. The van der Waals surface area contributed by atoms with E-state index in [4.69, 9.17) is 5.11 Å². The third-order valence-electron chi connectivity index (χ3n) is 4.39. The smallest absolute Gasteiger partial charge is 0.274 e. The van der Waals surface area contributed by atoms with Crippen LogP contribution in [-0.4, -0.2) is 35.1 Å². The number of anilines is 1. The number of carbonyl (C=O) groups is 2. The van der Waals surface area contributed by atoms with E-state index in [9.17, 15) is 9.59 Å². The number of benzene rings is 1. The predicted molar refractivity (Wildman–Crippen MR) is 99.7 cm³/mol. The highest BCUT2D eigenvalue weighted by molar-refractivity contribution is 5.94. The Kier molecular flexibility index (Phi) is 5.14. The van der Waals surface area contributed by atoms with Crippen molar-refractivity contribution in [2.24, 2.45) is 0 Å². The van der Waals surface area contributed by atoms with Crippen molar-refractivity contribution in [1.82, 2.24) is 10.3 Å². The molecular formula is C20H21N3O3. The number of aromatic nitrogens is 1. The number of pyridine rings is 1. The number of nitrogens with zero attached hydrogens (tertiary/aromatic N) is 2. The van der Waals surface area contributed by atoms with Crippen LogP contribution in [0.1, 0.15) is 29.4 Å². The summed E-state index contributed by atoms with van der Waals surface area (Å²) < 4.78 is 0. The Labute approximate surface area is 152 Å². The second-order valence-electron chi connectivity index (χ2n) is 6.27. The average Bonchev–Trinajstić information content (AvgIpc) is 2.66. The number of aliphatic hydroxyl groups is 1. The molecule has 0 saturated heterocycles. The van der Waals surface area contributed by atoms with Crippen molar-refractivity contribution in [2.75, 3.05) is 18.1 Å². The summed E-state index contributed by atoms with van der Waals surface area (Å²) in [6, 6.07) is 9.48. The number of carbonyl (C=O) groups excluding carboxylic acids is 2. The van der Waals surface area contributed by atoms with Gasteiger partial charge in [-0.15, -0.1) is 0 Å². The molecule has 6 heteroatoms. The maximum Gasteiger partial charge on any atom is 0.274 e. The second-order valence-corrected chi connectivity index (χ2v) is 6.27. The third-order valence-corrected chi connectivity index (χ3v) is 4.39. The number of nitrogens with one attached hydrogen (secondary N) is 1. The summed E-state index contributed by atoms with van der Waals surface area (Å²) in [6.45, 7) is 5.56. The molecule has 0 spiro atoms. The van der Waals surface area contributed by atoms with Crippen LogP contribution in [0, 0.1) is 0 Å². The normalized spacial score (nSPS) is 13.1. The quantitative estimate of drug-likeness (QED) is 0.885. The lowest BCUT2D eigenvalue weighted by Crippen LogP contribution is -2.33. The number of rotatable bonds is 4. The van der Waals surface area contributed by atoms with Gasteiger partial charge < -0.3 is 15.3 Å². The maximum absolute atomic E-state index is 12.0. The van der Waals surface area contributed by atoms with Gasteiger partial charge in [-0.2, -0.15) is 0 Å². The van der Waals surface area contributed by atoms with Crippen molar-refractivity contribution < 1.29 is 14.7 Å². The van der Waals surface area contributed by atoms with Crippen LogP contribution in [0.2, 0.25) is 0 Å². The number of aliphatic hydroxyl groups excluding tert-OH is 1. The fourth-order valence-corrected chi connectivity index (χ4v) is 3.07. The number of hydrogen-bond acceptors (Lipinski definition) is 4. The van der Waals surface area contributed by atoms with Crippen molar-refractivity contribution >= 4 is 17.5 Å². The molecule has 2 amide bonds. The van der Waals surface area contributed by atoms with Crippen molar-refractivity contribution in [3.8, 4) is 11.1 Å². The highest BCUT2D eigenvalue weighted by Crippen LogP contribution is 2.31. The standard InChI is InChI=1S/C20H21N3O3/c1-13(12-24)22-20(26)18-7-5-17(11-21-18)15-6-8-19-16(10-15)4-3-9-23(19)14(2)25/h5-8,10-11,24H,1,3-4,9,12H2,2H3,(H,22,26). The molecule has 0 bridgehead atoms. The number of hydrogen-bond donors (Lipinski definition) is 2. The van der Waals surface area contributed by atoms with Crippen LogP contribution in [0.5, 0.6) is 0 Å². The van der Waals surface area contributed by atoms with E-state index in [2.05, 4.69) is 22.9 Å². The summed E-state index contributed by atoms with van der Waals surface area (Å²) in [5.41, 5.74) is 4.48. The number of aryl methyl sites for hydroxylation is 1. The van der Waals surface area contributed by atoms with Crippen LogP contribution >= 0.6 is 0 Å². The molecule has 134 valence electrons. The van der Waals surface area contributed by atoms with Crippen LogP contribution < -0.4 is 10.2 Å². The lowest BCUT2D eigenvalue weighted by Gasteiger charge is -2.29. The first-order valence-electron chi connectivity index (χ1n) is 8.47. The van der Waals surface area contributed by atoms with Crippen molar-refractivity contribution in [2.45, 2.75) is 19.8 Å². The molecule has 6 nitrogen and oxygen atoms in total. The highest BCUT2D eigenvalue weighted by atomic mass is 16.3. The number of amides is 2. The minimum absolute atomic E-state index is 0.0557. The first-order chi connectivity index (χ1) is 12.5. The van der Waals surface area contributed by atoms with Crippen LogP contribution in [0.3, 0.4) is 0 Å². The molecule has 3 rings (SSSR count). The van der Waals surface area contributed by atoms with E-state index in [-0.39, 0.29) is 23.9 Å². The molecule has 2 aromatic rings. The van der Waals surface area contributed by atoms with Gasteiger partial charge in [-0.25, -0.2) is 0 Å². The van der Waals surface area contributed by atoms with Gasteiger partial charge in [0, 0.05) is 36.6 Å². The topological polar surface area (TPSA) is 82.5 Å². The molecule has 1 aliphatic rings. The Morgan fingerprint density at radius 1 is 1.27 bits per heavy atom. The molecule has 0 aliphatic carbocycles. The molecule has 1 aromatic carbocycles. The molecule has 0 fully saturated rings. The van der Waals surface area contributed by atoms with Crippen LogP contribution in [0.4, 0.5) is 5.69 Å². The van der Waals surface area contributed by atoms with Gasteiger partial charge in [-0.3, -0.25) is 14.6 Å². The monoisotopic (exact) mass is 351 g/mol. The third kappa shape index (κ3) is 3.65. The van der Waals surface area contributed by atoms with Gasteiger partial charge in [0.25, 0.3) is 5.91 Å². The van der Waals surface area contributed by atoms with E-state index >= 15 is 0 Å². The second kappa shape index (κ2) is 7.49. The van der Waals surface area contributed by atoms with Gasteiger partial charge in [-0.05, 0) is 42.2 Å². The van der Waals surface area contributed by atoms with E-state index in [0.717, 1.165) is 41.8 Å². The molecular weight excluding hydrogens is 330 g/mol. The zero-order valence-corrected chi connectivity index (χ0v) is 14.7. The summed E-state index contributed by atoms with van der Waals surface area (Å²) in [4.78, 5) is 29.7. The first-order valence-corrected chi connectivity index (χ1v) is 8.47. The Bertz CT molecular complexity index is 859. The van der Waals surface area contributed by atoms with Gasteiger partial charge in [0.1, 0.15) is 5.69 Å². The molecule has 1 aromatic heterocycles. The maximum atomic E-state index is 12.0. The Hall–Kier alpha value is -2.99. The lowest BCUT2D eigenvalue weighted by atomic mass is 9.96. The van der Waals surface area contributed by atoms with E-state index < -0.39 is 5.91 Å². The molecule has 0 atom stereocenters. The van der Waals surface area contributed by atoms with Crippen molar-refractivity contribution in [3.05, 3.63) is 60.1 Å². The summed E-state index contributed by atoms with van der Waals surface area (Å²) in [5, 5.41) is 11.4. The molecule has 0 saturated carbocycles. The largest absolute Gasteiger partial charge is 0.390 e. The SMILES string of the molecule is C=C(CO)NC(=O)c1ccc(-c2ccc3c(c2)CCCN3C(C)=O)cn1. The van der Waals surface area contributed by atoms with Gasteiger partial charge in [0.15, 0.2) is 0 Å². The van der Waals surface area contributed by atoms with Gasteiger partial charge in [0.05, 0.1) is 6.61 Å². The Morgan fingerprint density at radius 2 is 2.04 bits per heavy atom. The minimum Gasteiger partial charge on any atom is -0.390 e. The van der Waals surface area contributed by atoms with Crippen LogP contribution in [0.15, 0.2) is 48.8 Å². The average molecular weight is 351 g/mol. The summed E-state index contributed by atoms with van der Waals surface area (Å²) in [6.07, 6.45) is 3.52. The van der Waals surface area contributed by atoms with Crippen LogP contribution in [-0.2, 0) is 11.2 Å². The fraction of sp³-hybridized carbons (Fsp3) is 0.250.